The zero-order valence-electron chi connectivity index (χ0n) is 9.06. The normalized spacial score (nSPS) is 16.8. The van der Waals surface area contributed by atoms with Crippen molar-refractivity contribution in [2.45, 2.75) is 31.6 Å². The summed E-state index contributed by atoms with van der Waals surface area (Å²) < 4.78 is 0. The molecule has 0 amide bonds. The lowest BCUT2D eigenvalue weighted by molar-refractivity contribution is 0.672. The number of rotatable bonds is 2. The van der Waals surface area contributed by atoms with Gasteiger partial charge in [0.15, 0.2) is 5.82 Å². The second-order valence-electron chi connectivity index (χ2n) is 4.26. The Labute approximate surface area is 94.1 Å². The Morgan fingerprint density at radius 2 is 1.88 bits per heavy atom. The third-order valence-corrected chi connectivity index (χ3v) is 3.18. The van der Waals surface area contributed by atoms with Crippen LogP contribution in [0.5, 0.6) is 0 Å². The van der Waals surface area contributed by atoms with E-state index in [2.05, 4.69) is 20.2 Å². The van der Waals surface area contributed by atoms with Gasteiger partial charge in [0.2, 0.25) is 0 Å². The van der Waals surface area contributed by atoms with Crippen molar-refractivity contribution in [2.75, 3.05) is 0 Å². The van der Waals surface area contributed by atoms with Crippen LogP contribution in [0.4, 0.5) is 0 Å². The van der Waals surface area contributed by atoms with Crippen molar-refractivity contribution in [1.82, 2.24) is 20.2 Å². The van der Waals surface area contributed by atoms with Gasteiger partial charge < -0.3 is 0 Å². The second-order valence-corrected chi connectivity index (χ2v) is 4.26. The molecule has 0 spiro atoms. The van der Waals surface area contributed by atoms with Crippen molar-refractivity contribution < 1.29 is 0 Å². The van der Waals surface area contributed by atoms with Crippen LogP contribution in [-0.2, 0) is 0 Å². The zero-order chi connectivity index (χ0) is 10.8. The van der Waals surface area contributed by atoms with Gasteiger partial charge in [-0.2, -0.15) is 5.10 Å². The summed E-state index contributed by atoms with van der Waals surface area (Å²) in [5.41, 5.74) is 1.02. The third-order valence-electron chi connectivity index (χ3n) is 3.18. The van der Waals surface area contributed by atoms with Crippen LogP contribution in [0.1, 0.15) is 37.4 Å². The molecule has 82 valence electrons. The van der Waals surface area contributed by atoms with Crippen LogP contribution in [0.2, 0.25) is 0 Å². The highest BCUT2D eigenvalue weighted by atomic mass is 15.2. The number of pyridine rings is 1. The molecule has 0 aromatic carbocycles. The fourth-order valence-corrected chi connectivity index (χ4v) is 2.29. The van der Waals surface area contributed by atoms with Crippen molar-refractivity contribution in [2.24, 2.45) is 0 Å². The highest BCUT2D eigenvalue weighted by Gasteiger charge is 2.20. The van der Waals surface area contributed by atoms with Crippen molar-refractivity contribution >= 4 is 0 Å². The summed E-state index contributed by atoms with van der Waals surface area (Å²) in [5.74, 6) is 2.41. The van der Waals surface area contributed by atoms with Gasteiger partial charge in [-0.05, 0) is 25.0 Å². The molecule has 1 fully saturated rings. The Morgan fingerprint density at radius 1 is 1.12 bits per heavy atom. The minimum atomic E-state index is 0.586. The lowest BCUT2D eigenvalue weighted by Crippen LogP contribution is -1.94. The third kappa shape index (κ3) is 1.71. The van der Waals surface area contributed by atoms with E-state index in [1.54, 1.807) is 12.4 Å². The lowest BCUT2D eigenvalue weighted by atomic mass is 10.1. The van der Waals surface area contributed by atoms with Gasteiger partial charge in [0.1, 0.15) is 5.82 Å². The molecule has 2 aromatic heterocycles. The number of aromatic amines is 1. The first-order chi connectivity index (χ1) is 7.93. The molecule has 0 radical (unpaired) electrons. The maximum atomic E-state index is 4.57. The topological polar surface area (TPSA) is 54.5 Å². The number of nitrogens with zero attached hydrogens (tertiary/aromatic N) is 3. The van der Waals surface area contributed by atoms with Gasteiger partial charge >= 0.3 is 0 Å². The first-order valence-electron chi connectivity index (χ1n) is 5.76. The molecule has 2 heterocycles. The largest absolute Gasteiger partial charge is 0.265 e. The van der Waals surface area contributed by atoms with E-state index in [-0.39, 0.29) is 0 Å². The minimum absolute atomic E-state index is 0.586. The summed E-state index contributed by atoms with van der Waals surface area (Å²) in [5, 5.41) is 7.33. The van der Waals surface area contributed by atoms with Crippen LogP contribution in [0.25, 0.3) is 11.4 Å². The second kappa shape index (κ2) is 4.04. The summed E-state index contributed by atoms with van der Waals surface area (Å²) >= 11 is 0. The number of hydrogen-bond donors (Lipinski definition) is 1. The lowest BCUT2D eigenvalue weighted by Gasteiger charge is -2.01. The van der Waals surface area contributed by atoms with Crippen molar-refractivity contribution in [3.8, 4) is 11.4 Å². The minimum Gasteiger partial charge on any atom is -0.265 e. The predicted molar refractivity (Wildman–Crippen MR) is 60.8 cm³/mol. The Bertz CT molecular complexity index is 457. The van der Waals surface area contributed by atoms with Crippen molar-refractivity contribution in [3.05, 3.63) is 30.4 Å². The molecule has 3 rings (SSSR count). The zero-order valence-corrected chi connectivity index (χ0v) is 9.06. The van der Waals surface area contributed by atoms with Crippen LogP contribution in [-0.4, -0.2) is 20.2 Å². The molecule has 1 aliphatic rings. The quantitative estimate of drug-likeness (QED) is 0.835. The fourth-order valence-electron chi connectivity index (χ4n) is 2.29. The van der Waals surface area contributed by atoms with Gasteiger partial charge in [0.25, 0.3) is 0 Å². The summed E-state index contributed by atoms with van der Waals surface area (Å²) in [7, 11) is 0. The molecular weight excluding hydrogens is 200 g/mol. The standard InChI is InChI=1S/C12H14N4/c1-2-4-9(3-1)11-14-12(16-15-11)10-5-7-13-8-6-10/h5-9H,1-4H2,(H,14,15,16). The van der Waals surface area contributed by atoms with Gasteiger partial charge in [0.05, 0.1) is 0 Å². The molecule has 1 saturated carbocycles. The molecule has 4 heteroatoms. The van der Waals surface area contributed by atoms with Crippen LogP contribution < -0.4 is 0 Å². The molecule has 1 aliphatic carbocycles. The molecular formula is C12H14N4. The van der Waals surface area contributed by atoms with Crippen LogP contribution >= 0.6 is 0 Å². The maximum Gasteiger partial charge on any atom is 0.181 e. The van der Waals surface area contributed by atoms with Crippen molar-refractivity contribution in [1.29, 1.82) is 0 Å². The molecule has 0 bridgehead atoms. The average molecular weight is 214 g/mol. The summed E-state index contributed by atoms with van der Waals surface area (Å²) in [6.45, 7) is 0. The molecule has 0 saturated heterocycles. The van der Waals surface area contributed by atoms with Crippen LogP contribution in [0.15, 0.2) is 24.5 Å². The summed E-state index contributed by atoms with van der Waals surface area (Å²) in [4.78, 5) is 8.56. The van der Waals surface area contributed by atoms with E-state index in [1.165, 1.54) is 25.7 Å². The van der Waals surface area contributed by atoms with E-state index in [0.29, 0.717) is 5.92 Å². The van der Waals surface area contributed by atoms with Gasteiger partial charge in [-0.1, -0.05) is 12.8 Å². The van der Waals surface area contributed by atoms with E-state index in [0.717, 1.165) is 17.2 Å². The molecule has 16 heavy (non-hydrogen) atoms. The van der Waals surface area contributed by atoms with E-state index in [4.69, 9.17) is 0 Å². The van der Waals surface area contributed by atoms with E-state index in [1.807, 2.05) is 12.1 Å². The molecule has 4 nitrogen and oxygen atoms in total. The molecule has 0 aliphatic heterocycles. The average Bonchev–Trinajstić information content (AvgIpc) is 3.01. The number of nitrogens with one attached hydrogen (secondary N) is 1. The number of aromatic nitrogens is 4. The van der Waals surface area contributed by atoms with Crippen LogP contribution in [0, 0.1) is 0 Å². The first-order valence-corrected chi connectivity index (χ1v) is 5.76. The van der Waals surface area contributed by atoms with Crippen LogP contribution in [0.3, 0.4) is 0 Å². The van der Waals surface area contributed by atoms with Gasteiger partial charge in [0, 0.05) is 23.9 Å². The van der Waals surface area contributed by atoms with Gasteiger partial charge in [-0.25, -0.2) is 4.98 Å². The van der Waals surface area contributed by atoms with Crippen molar-refractivity contribution in [3.63, 3.8) is 0 Å². The molecule has 2 aromatic rings. The van der Waals surface area contributed by atoms with Gasteiger partial charge in [-0.15, -0.1) is 0 Å². The summed E-state index contributed by atoms with van der Waals surface area (Å²) in [6, 6.07) is 3.86. The van der Waals surface area contributed by atoms with E-state index in [9.17, 15) is 0 Å². The maximum absolute atomic E-state index is 4.57. The highest BCUT2D eigenvalue weighted by Crippen LogP contribution is 2.32. The monoisotopic (exact) mass is 214 g/mol. The van der Waals surface area contributed by atoms with E-state index < -0.39 is 0 Å². The highest BCUT2D eigenvalue weighted by molar-refractivity contribution is 5.53. The summed E-state index contributed by atoms with van der Waals surface area (Å²) in [6.07, 6.45) is 8.64. The number of H-pyrrole nitrogens is 1. The molecule has 1 N–H and O–H groups in total. The Kier molecular flexibility index (Phi) is 2.40. The van der Waals surface area contributed by atoms with Gasteiger partial charge in [-0.3, -0.25) is 10.1 Å². The molecule has 0 unspecified atom stereocenters. The SMILES string of the molecule is c1cc(-c2n[nH]c(C3CCCC3)n2)ccn1. The van der Waals surface area contributed by atoms with E-state index >= 15 is 0 Å². The molecule has 0 atom stereocenters. The fraction of sp³-hybridized carbons (Fsp3) is 0.417. The Balaban J connectivity index is 1.87. The Morgan fingerprint density at radius 3 is 2.62 bits per heavy atom. The smallest absolute Gasteiger partial charge is 0.181 e. The Hall–Kier alpha value is -1.71. The number of hydrogen-bond acceptors (Lipinski definition) is 3. The first kappa shape index (κ1) is 9.51. The predicted octanol–water partition coefficient (Wildman–Crippen LogP) is 2.52.